The van der Waals surface area contributed by atoms with Crippen LogP contribution in [0.4, 0.5) is 0 Å². The van der Waals surface area contributed by atoms with Crippen molar-refractivity contribution in [1.82, 2.24) is 10.2 Å². The highest BCUT2D eigenvalue weighted by Crippen LogP contribution is 2.25. The summed E-state index contributed by atoms with van der Waals surface area (Å²) >= 11 is 9.09. The maximum absolute atomic E-state index is 5.64. The van der Waals surface area contributed by atoms with Gasteiger partial charge in [0.05, 0.1) is 0 Å². The number of nitrogens with zero attached hydrogens (tertiary/aromatic N) is 2. The van der Waals surface area contributed by atoms with E-state index in [1.54, 1.807) is 0 Å². The maximum atomic E-state index is 5.64. The molecule has 0 spiro atoms. The van der Waals surface area contributed by atoms with Crippen molar-refractivity contribution < 1.29 is 4.42 Å². The third-order valence-electron chi connectivity index (χ3n) is 2.63. The van der Waals surface area contributed by atoms with Crippen molar-refractivity contribution in [3.63, 3.8) is 0 Å². The zero-order valence-corrected chi connectivity index (χ0v) is 11.6. The Bertz CT molecular complexity index is 711. The van der Waals surface area contributed by atoms with Crippen molar-refractivity contribution in [2.45, 2.75) is 5.88 Å². The molecule has 0 saturated carbocycles. The van der Waals surface area contributed by atoms with E-state index in [2.05, 4.69) is 32.2 Å². The van der Waals surface area contributed by atoms with Crippen molar-refractivity contribution in [3.8, 4) is 11.5 Å². The molecule has 0 aliphatic carbocycles. The molecule has 18 heavy (non-hydrogen) atoms. The summed E-state index contributed by atoms with van der Waals surface area (Å²) in [6.45, 7) is 0. The number of hydrogen-bond acceptors (Lipinski definition) is 3. The van der Waals surface area contributed by atoms with E-state index in [1.165, 1.54) is 0 Å². The third-order valence-corrected chi connectivity index (χ3v) is 3.35. The first-order valence-electron chi connectivity index (χ1n) is 5.34. The second-order valence-corrected chi connectivity index (χ2v) is 5.02. The zero-order valence-electron chi connectivity index (χ0n) is 9.23. The van der Waals surface area contributed by atoms with Crippen LogP contribution in [0.25, 0.3) is 22.2 Å². The van der Waals surface area contributed by atoms with E-state index in [4.69, 9.17) is 16.0 Å². The summed E-state index contributed by atoms with van der Waals surface area (Å²) in [6.07, 6.45) is 0. The molecule has 1 heterocycles. The highest BCUT2D eigenvalue weighted by molar-refractivity contribution is 9.10. The maximum Gasteiger partial charge on any atom is 0.247 e. The van der Waals surface area contributed by atoms with Gasteiger partial charge in [-0.15, -0.1) is 21.8 Å². The number of halogens is 2. The summed E-state index contributed by atoms with van der Waals surface area (Å²) in [4.78, 5) is 0. The van der Waals surface area contributed by atoms with Crippen LogP contribution in [-0.4, -0.2) is 10.2 Å². The number of rotatable bonds is 2. The second-order valence-electron chi connectivity index (χ2n) is 3.84. The van der Waals surface area contributed by atoms with Crippen LogP contribution < -0.4 is 0 Å². The lowest BCUT2D eigenvalue weighted by molar-refractivity contribution is 0.527. The molecule has 2 aromatic carbocycles. The second kappa shape index (κ2) is 4.71. The average molecular weight is 324 g/mol. The molecule has 0 aliphatic heterocycles. The van der Waals surface area contributed by atoms with Gasteiger partial charge in [-0.2, -0.15) is 0 Å². The van der Waals surface area contributed by atoms with Crippen LogP contribution in [0.5, 0.6) is 0 Å². The highest BCUT2D eigenvalue weighted by atomic mass is 79.9. The molecule has 1 aromatic heterocycles. The Labute approximate surface area is 117 Å². The largest absolute Gasteiger partial charge is 0.419 e. The van der Waals surface area contributed by atoms with Gasteiger partial charge in [-0.05, 0) is 35.0 Å². The van der Waals surface area contributed by atoms with E-state index in [-0.39, 0.29) is 5.88 Å². The molecule has 3 nitrogen and oxygen atoms in total. The Hall–Kier alpha value is -1.39. The zero-order chi connectivity index (χ0) is 12.5. The minimum absolute atomic E-state index is 0.230. The van der Waals surface area contributed by atoms with Crippen LogP contribution in [0.3, 0.4) is 0 Å². The number of fused-ring (bicyclic) bond motifs is 1. The molecule has 0 saturated heterocycles. The number of aromatic nitrogens is 2. The number of alkyl halides is 1. The van der Waals surface area contributed by atoms with Crippen LogP contribution in [0.15, 0.2) is 45.3 Å². The molecule has 0 amide bonds. The van der Waals surface area contributed by atoms with Crippen LogP contribution in [0, 0.1) is 0 Å². The minimum atomic E-state index is 0.230. The Morgan fingerprint density at radius 3 is 2.61 bits per heavy atom. The van der Waals surface area contributed by atoms with E-state index in [0.717, 1.165) is 20.8 Å². The van der Waals surface area contributed by atoms with Gasteiger partial charge in [0.1, 0.15) is 5.88 Å². The Kier molecular flexibility index (Phi) is 3.06. The molecule has 90 valence electrons. The normalized spacial score (nSPS) is 11.0. The Morgan fingerprint density at radius 1 is 1.06 bits per heavy atom. The molecule has 0 unspecified atom stereocenters. The lowest BCUT2D eigenvalue weighted by Crippen LogP contribution is -1.79. The fraction of sp³-hybridized carbons (Fsp3) is 0.0769. The highest BCUT2D eigenvalue weighted by Gasteiger charge is 2.08. The SMILES string of the molecule is ClCc1nnc(-c2ccc3cc(Br)ccc3c2)o1. The molecule has 0 radical (unpaired) electrons. The fourth-order valence-electron chi connectivity index (χ4n) is 1.77. The van der Waals surface area contributed by atoms with Crippen LogP contribution in [-0.2, 0) is 5.88 Å². The molecular formula is C13H8BrClN2O. The molecule has 3 aromatic rings. The van der Waals surface area contributed by atoms with E-state index in [0.29, 0.717) is 11.8 Å². The molecule has 5 heteroatoms. The van der Waals surface area contributed by atoms with Crippen LogP contribution in [0.1, 0.15) is 5.89 Å². The Morgan fingerprint density at radius 2 is 1.83 bits per heavy atom. The molecule has 3 rings (SSSR count). The minimum Gasteiger partial charge on any atom is -0.419 e. The average Bonchev–Trinajstić information content (AvgIpc) is 2.87. The fourth-order valence-corrected chi connectivity index (χ4v) is 2.26. The summed E-state index contributed by atoms with van der Waals surface area (Å²) in [7, 11) is 0. The van der Waals surface area contributed by atoms with E-state index in [9.17, 15) is 0 Å². The van der Waals surface area contributed by atoms with Gasteiger partial charge >= 0.3 is 0 Å². The van der Waals surface area contributed by atoms with E-state index < -0.39 is 0 Å². The number of hydrogen-bond donors (Lipinski definition) is 0. The summed E-state index contributed by atoms with van der Waals surface area (Å²) in [6, 6.07) is 12.1. The van der Waals surface area contributed by atoms with Gasteiger partial charge in [0.2, 0.25) is 11.8 Å². The van der Waals surface area contributed by atoms with Crippen LogP contribution in [0.2, 0.25) is 0 Å². The van der Waals surface area contributed by atoms with Crippen LogP contribution >= 0.6 is 27.5 Å². The van der Waals surface area contributed by atoms with Crippen molar-refractivity contribution in [2.75, 3.05) is 0 Å². The Balaban J connectivity index is 2.10. The lowest BCUT2D eigenvalue weighted by Gasteiger charge is -2.00. The van der Waals surface area contributed by atoms with Gasteiger partial charge in [-0.25, -0.2) is 0 Å². The van der Waals surface area contributed by atoms with E-state index in [1.807, 2.05) is 30.3 Å². The van der Waals surface area contributed by atoms with Crippen molar-refractivity contribution in [3.05, 3.63) is 46.8 Å². The first kappa shape index (κ1) is 11.7. The topological polar surface area (TPSA) is 38.9 Å². The first-order chi connectivity index (χ1) is 8.76. The smallest absolute Gasteiger partial charge is 0.247 e. The summed E-state index contributed by atoms with van der Waals surface area (Å²) in [5, 5.41) is 10.1. The van der Waals surface area contributed by atoms with Gasteiger partial charge in [-0.3, -0.25) is 0 Å². The van der Waals surface area contributed by atoms with E-state index >= 15 is 0 Å². The number of benzene rings is 2. The summed E-state index contributed by atoms with van der Waals surface area (Å²) in [5.74, 6) is 1.16. The summed E-state index contributed by atoms with van der Waals surface area (Å²) in [5.41, 5.74) is 0.897. The summed E-state index contributed by atoms with van der Waals surface area (Å²) < 4.78 is 6.49. The van der Waals surface area contributed by atoms with Crippen molar-refractivity contribution in [2.24, 2.45) is 0 Å². The predicted molar refractivity (Wildman–Crippen MR) is 74.5 cm³/mol. The quantitative estimate of drug-likeness (QED) is 0.656. The van der Waals surface area contributed by atoms with Gasteiger partial charge in [-0.1, -0.05) is 28.1 Å². The third kappa shape index (κ3) is 2.13. The van der Waals surface area contributed by atoms with Gasteiger partial charge in [0.15, 0.2) is 0 Å². The van der Waals surface area contributed by atoms with Gasteiger partial charge in [0, 0.05) is 10.0 Å². The molecule has 0 fully saturated rings. The first-order valence-corrected chi connectivity index (χ1v) is 6.67. The predicted octanol–water partition coefficient (Wildman–Crippen LogP) is 4.39. The van der Waals surface area contributed by atoms with Crippen molar-refractivity contribution >= 4 is 38.3 Å². The standard InChI is InChI=1S/C13H8BrClN2O/c14-11-4-3-8-5-10(2-1-9(8)6-11)13-17-16-12(7-15)18-13/h1-6H,7H2. The van der Waals surface area contributed by atoms with Gasteiger partial charge < -0.3 is 4.42 Å². The molecule has 0 atom stereocenters. The van der Waals surface area contributed by atoms with Gasteiger partial charge in [0.25, 0.3) is 0 Å². The molecular weight excluding hydrogens is 316 g/mol. The molecule has 0 bridgehead atoms. The molecule has 0 aliphatic rings. The lowest BCUT2D eigenvalue weighted by atomic mass is 10.1. The van der Waals surface area contributed by atoms with Crippen molar-refractivity contribution in [1.29, 1.82) is 0 Å². The monoisotopic (exact) mass is 322 g/mol. The molecule has 0 N–H and O–H groups in total.